The fraction of sp³-hybridized carbons (Fsp3) is 0.562. The van der Waals surface area contributed by atoms with Crippen LogP contribution in [0.2, 0.25) is 0 Å². The van der Waals surface area contributed by atoms with E-state index in [0.717, 1.165) is 25.2 Å². The van der Waals surface area contributed by atoms with Crippen molar-refractivity contribution in [3.05, 3.63) is 35.7 Å². The van der Waals surface area contributed by atoms with Gasteiger partial charge >= 0.3 is 0 Å². The first-order valence-electron chi connectivity index (χ1n) is 7.06. The van der Waals surface area contributed by atoms with Crippen molar-refractivity contribution in [2.45, 2.75) is 41.0 Å². The number of aromatic nitrogens is 1. The first-order chi connectivity index (χ1) is 8.75. The molecule has 18 heavy (non-hydrogen) atoms. The van der Waals surface area contributed by atoms with E-state index in [2.05, 4.69) is 35.1 Å². The third-order valence-corrected chi connectivity index (χ3v) is 2.68. The van der Waals surface area contributed by atoms with Gasteiger partial charge in [0.25, 0.3) is 0 Å². The lowest BCUT2D eigenvalue weighted by molar-refractivity contribution is 0.370. The smallest absolute Gasteiger partial charge is 0.0378 e. The van der Waals surface area contributed by atoms with Gasteiger partial charge in [-0.15, -0.1) is 0 Å². The van der Waals surface area contributed by atoms with E-state index in [-0.39, 0.29) is 0 Å². The minimum atomic E-state index is 1.07. The summed E-state index contributed by atoms with van der Waals surface area (Å²) in [5.41, 5.74) is 3.90. The quantitative estimate of drug-likeness (QED) is 0.742. The second-order valence-corrected chi connectivity index (χ2v) is 3.93. The summed E-state index contributed by atoms with van der Waals surface area (Å²) in [5, 5.41) is 0. The zero-order chi connectivity index (χ0) is 14.0. The van der Waals surface area contributed by atoms with Crippen LogP contribution in [0.5, 0.6) is 0 Å². The maximum atomic E-state index is 4.21. The maximum Gasteiger partial charge on any atom is 0.0378 e. The Labute approximate surface area is 113 Å². The minimum Gasteiger partial charge on any atom is -0.302 e. The van der Waals surface area contributed by atoms with E-state index in [1.54, 1.807) is 0 Å². The molecule has 0 unspecified atom stereocenters. The zero-order valence-electron chi connectivity index (χ0n) is 12.8. The van der Waals surface area contributed by atoms with Crippen molar-refractivity contribution in [1.82, 2.24) is 9.88 Å². The van der Waals surface area contributed by atoms with E-state index in [0.29, 0.717) is 0 Å². The molecule has 0 atom stereocenters. The van der Waals surface area contributed by atoms with Crippen molar-refractivity contribution >= 4 is 5.57 Å². The van der Waals surface area contributed by atoms with Crippen LogP contribution in [0.1, 0.15) is 45.4 Å². The Hall–Kier alpha value is -1.15. The second-order valence-electron chi connectivity index (χ2n) is 3.93. The Balaban J connectivity index is 0.000000659. The molecule has 2 rings (SSSR count). The van der Waals surface area contributed by atoms with Gasteiger partial charge in [-0.25, -0.2) is 0 Å². The van der Waals surface area contributed by atoms with E-state index in [4.69, 9.17) is 0 Å². The molecule has 102 valence electrons. The molecule has 0 saturated heterocycles. The Bertz CT molecular complexity index is 356. The van der Waals surface area contributed by atoms with Crippen LogP contribution >= 0.6 is 0 Å². The highest BCUT2D eigenvalue weighted by Gasteiger charge is 2.09. The van der Waals surface area contributed by atoms with Gasteiger partial charge in [-0.05, 0) is 43.7 Å². The molecular formula is C16H28N2. The van der Waals surface area contributed by atoms with Crippen molar-refractivity contribution in [3.8, 4) is 0 Å². The molecule has 0 aliphatic carbocycles. The number of likely N-dealkylation sites (N-methyl/N-ethyl adjacent to an activating group) is 1. The van der Waals surface area contributed by atoms with Gasteiger partial charge in [0.05, 0.1) is 0 Å². The molecule has 1 aromatic heterocycles. The van der Waals surface area contributed by atoms with E-state index in [1.165, 1.54) is 11.1 Å². The fourth-order valence-corrected chi connectivity index (χ4v) is 1.78. The van der Waals surface area contributed by atoms with Crippen molar-refractivity contribution in [3.63, 3.8) is 0 Å². The lowest BCUT2D eigenvalue weighted by atomic mass is 10.0. The minimum absolute atomic E-state index is 1.07. The molecule has 0 N–H and O–H groups in total. The van der Waals surface area contributed by atoms with Crippen LogP contribution in [0, 0.1) is 6.92 Å². The van der Waals surface area contributed by atoms with E-state index in [1.807, 2.05) is 40.8 Å². The average Bonchev–Trinajstić information content (AvgIpc) is 2.44. The van der Waals surface area contributed by atoms with Gasteiger partial charge in [-0.1, -0.05) is 33.8 Å². The first kappa shape index (κ1) is 16.9. The summed E-state index contributed by atoms with van der Waals surface area (Å²) in [7, 11) is 2.16. The van der Waals surface area contributed by atoms with Crippen LogP contribution in [0.4, 0.5) is 0 Å². The SMILES string of the molecule is CC.CC.Cc1cc(C2=CCN(C)CC2)ccn1. The van der Waals surface area contributed by atoms with Crippen LogP contribution in [-0.4, -0.2) is 30.0 Å². The number of rotatable bonds is 1. The van der Waals surface area contributed by atoms with Crippen LogP contribution in [0.15, 0.2) is 24.4 Å². The topological polar surface area (TPSA) is 16.1 Å². The Morgan fingerprint density at radius 1 is 1.17 bits per heavy atom. The number of nitrogens with zero attached hydrogens (tertiary/aromatic N) is 2. The van der Waals surface area contributed by atoms with Crippen LogP contribution < -0.4 is 0 Å². The van der Waals surface area contributed by atoms with Crippen molar-refractivity contribution in [2.75, 3.05) is 20.1 Å². The molecule has 0 aromatic carbocycles. The average molecular weight is 248 g/mol. The van der Waals surface area contributed by atoms with E-state index < -0.39 is 0 Å². The molecule has 0 fully saturated rings. The third-order valence-electron chi connectivity index (χ3n) is 2.68. The normalized spacial score (nSPS) is 14.7. The van der Waals surface area contributed by atoms with Gasteiger partial charge < -0.3 is 4.90 Å². The summed E-state index contributed by atoms with van der Waals surface area (Å²) >= 11 is 0. The molecule has 0 amide bonds. The zero-order valence-corrected chi connectivity index (χ0v) is 12.8. The molecule has 1 aliphatic heterocycles. The Morgan fingerprint density at radius 2 is 1.83 bits per heavy atom. The van der Waals surface area contributed by atoms with Crippen LogP contribution in [0.25, 0.3) is 5.57 Å². The summed E-state index contributed by atoms with van der Waals surface area (Å²) in [4.78, 5) is 6.54. The molecule has 0 spiro atoms. The first-order valence-corrected chi connectivity index (χ1v) is 7.06. The van der Waals surface area contributed by atoms with Gasteiger partial charge in [0.1, 0.15) is 0 Å². The molecule has 0 bridgehead atoms. The van der Waals surface area contributed by atoms with Gasteiger partial charge in [-0.2, -0.15) is 0 Å². The van der Waals surface area contributed by atoms with E-state index in [9.17, 15) is 0 Å². The number of hydrogen-bond donors (Lipinski definition) is 0. The number of pyridine rings is 1. The summed E-state index contributed by atoms with van der Waals surface area (Å²) < 4.78 is 0. The number of hydrogen-bond acceptors (Lipinski definition) is 2. The molecule has 1 aromatic rings. The predicted molar refractivity (Wildman–Crippen MR) is 81.8 cm³/mol. The van der Waals surface area contributed by atoms with Gasteiger partial charge in [0, 0.05) is 25.0 Å². The monoisotopic (exact) mass is 248 g/mol. The van der Waals surface area contributed by atoms with Crippen molar-refractivity contribution in [2.24, 2.45) is 0 Å². The highest BCUT2D eigenvalue weighted by atomic mass is 15.1. The number of aryl methyl sites for hydroxylation is 1. The molecule has 2 heteroatoms. The Kier molecular flexibility index (Phi) is 9.21. The summed E-state index contributed by atoms with van der Waals surface area (Å²) in [6, 6.07) is 4.27. The molecule has 0 radical (unpaired) electrons. The highest BCUT2D eigenvalue weighted by molar-refractivity contribution is 5.66. The summed E-state index contributed by atoms with van der Waals surface area (Å²) in [6.45, 7) is 12.3. The highest BCUT2D eigenvalue weighted by Crippen LogP contribution is 2.21. The fourth-order valence-electron chi connectivity index (χ4n) is 1.78. The van der Waals surface area contributed by atoms with Crippen LogP contribution in [0.3, 0.4) is 0 Å². The maximum absolute atomic E-state index is 4.21. The van der Waals surface area contributed by atoms with Gasteiger partial charge in [-0.3, -0.25) is 4.98 Å². The van der Waals surface area contributed by atoms with Crippen molar-refractivity contribution < 1.29 is 0 Å². The molecule has 1 aliphatic rings. The molecular weight excluding hydrogens is 220 g/mol. The van der Waals surface area contributed by atoms with Gasteiger partial charge in [0.15, 0.2) is 0 Å². The molecule has 0 saturated carbocycles. The largest absolute Gasteiger partial charge is 0.302 e. The summed E-state index contributed by atoms with van der Waals surface area (Å²) in [5.74, 6) is 0. The van der Waals surface area contributed by atoms with E-state index >= 15 is 0 Å². The van der Waals surface area contributed by atoms with Crippen LogP contribution in [-0.2, 0) is 0 Å². The molecule has 2 heterocycles. The third kappa shape index (κ3) is 5.46. The van der Waals surface area contributed by atoms with Gasteiger partial charge in [0.2, 0.25) is 0 Å². The lowest BCUT2D eigenvalue weighted by Gasteiger charge is -2.22. The lowest BCUT2D eigenvalue weighted by Crippen LogP contribution is -2.23. The van der Waals surface area contributed by atoms with Crippen molar-refractivity contribution in [1.29, 1.82) is 0 Å². The molecule has 2 nitrogen and oxygen atoms in total. The predicted octanol–water partition coefficient (Wildman–Crippen LogP) is 4.16. The summed E-state index contributed by atoms with van der Waals surface area (Å²) in [6.07, 6.45) is 5.36. The Morgan fingerprint density at radius 3 is 2.33 bits per heavy atom. The standard InChI is InChI=1S/C12H16N2.2C2H6/c1-10-9-12(3-6-13-10)11-4-7-14(2)8-5-11;2*1-2/h3-4,6,9H,5,7-8H2,1-2H3;2*1-2H3. The second kappa shape index (κ2) is 9.84.